The molecule has 0 spiro atoms. The first-order valence-electron chi connectivity index (χ1n) is 6.05. The highest BCUT2D eigenvalue weighted by atomic mass is 35.5. The van der Waals surface area contributed by atoms with E-state index in [4.69, 9.17) is 11.6 Å². The van der Waals surface area contributed by atoms with Crippen molar-refractivity contribution < 1.29 is 0 Å². The van der Waals surface area contributed by atoms with Gasteiger partial charge in [0, 0.05) is 35.9 Å². The lowest BCUT2D eigenvalue weighted by molar-refractivity contribution is 0.238. The minimum atomic E-state index is 0.309. The van der Waals surface area contributed by atoms with Crippen LogP contribution in [0.2, 0.25) is 0 Å². The Bertz CT molecular complexity index is 307. The molecule has 1 saturated carbocycles. The molecule has 1 heterocycles. The van der Waals surface area contributed by atoms with Crippen LogP contribution in [0.15, 0.2) is 24.5 Å². The first kappa shape index (κ1) is 11.7. The number of nitrogens with zero attached hydrogens (tertiary/aromatic N) is 1. The van der Waals surface area contributed by atoms with Crippen molar-refractivity contribution in [2.75, 3.05) is 17.7 Å². The van der Waals surface area contributed by atoms with Crippen molar-refractivity contribution in [1.29, 1.82) is 0 Å². The molecule has 0 atom stereocenters. The van der Waals surface area contributed by atoms with E-state index in [1.165, 1.54) is 32.1 Å². The van der Waals surface area contributed by atoms with Gasteiger partial charge in [-0.1, -0.05) is 19.3 Å². The third kappa shape index (κ3) is 2.88. The highest BCUT2D eigenvalue weighted by molar-refractivity contribution is 6.18. The second kappa shape index (κ2) is 5.53. The van der Waals surface area contributed by atoms with Crippen LogP contribution in [0, 0.1) is 5.41 Å². The maximum atomic E-state index is 6.15. The van der Waals surface area contributed by atoms with Crippen molar-refractivity contribution in [3.63, 3.8) is 0 Å². The van der Waals surface area contributed by atoms with Gasteiger partial charge in [0.05, 0.1) is 0 Å². The largest absolute Gasteiger partial charge is 0.384 e. The zero-order valence-electron chi connectivity index (χ0n) is 9.58. The average molecular weight is 239 g/mol. The van der Waals surface area contributed by atoms with E-state index in [-0.39, 0.29) is 0 Å². The summed E-state index contributed by atoms with van der Waals surface area (Å²) in [6.45, 7) is 0.987. The van der Waals surface area contributed by atoms with Crippen molar-refractivity contribution in [2.24, 2.45) is 5.41 Å². The molecule has 2 rings (SSSR count). The van der Waals surface area contributed by atoms with Gasteiger partial charge in [0.1, 0.15) is 0 Å². The van der Waals surface area contributed by atoms with Crippen LogP contribution in [0.25, 0.3) is 0 Å². The molecule has 0 radical (unpaired) electrons. The maximum absolute atomic E-state index is 6.15. The van der Waals surface area contributed by atoms with Gasteiger partial charge >= 0.3 is 0 Å². The molecule has 1 N–H and O–H groups in total. The molecular formula is C13H19ClN2. The van der Waals surface area contributed by atoms with E-state index in [0.717, 1.165) is 18.1 Å². The number of alkyl halides is 1. The quantitative estimate of drug-likeness (QED) is 0.810. The normalized spacial score (nSPS) is 19.3. The number of hydrogen-bond acceptors (Lipinski definition) is 2. The van der Waals surface area contributed by atoms with Gasteiger partial charge in [0.15, 0.2) is 0 Å². The van der Waals surface area contributed by atoms with Gasteiger partial charge in [0.2, 0.25) is 0 Å². The van der Waals surface area contributed by atoms with Gasteiger partial charge in [-0.25, -0.2) is 0 Å². The molecule has 16 heavy (non-hydrogen) atoms. The molecule has 1 aromatic rings. The summed E-state index contributed by atoms with van der Waals surface area (Å²) in [7, 11) is 0. The molecule has 0 amide bonds. The Balaban J connectivity index is 1.92. The van der Waals surface area contributed by atoms with Gasteiger partial charge < -0.3 is 5.32 Å². The van der Waals surface area contributed by atoms with Crippen LogP contribution in [0.3, 0.4) is 0 Å². The molecule has 0 bridgehead atoms. The van der Waals surface area contributed by atoms with Gasteiger partial charge in [-0.05, 0) is 25.0 Å². The average Bonchev–Trinajstić information content (AvgIpc) is 2.39. The van der Waals surface area contributed by atoms with E-state index in [1.54, 1.807) is 0 Å². The molecule has 88 valence electrons. The Morgan fingerprint density at radius 2 is 1.88 bits per heavy atom. The number of nitrogens with one attached hydrogen (secondary N) is 1. The Morgan fingerprint density at radius 3 is 2.50 bits per heavy atom. The first-order valence-corrected chi connectivity index (χ1v) is 6.58. The summed E-state index contributed by atoms with van der Waals surface area (Å²) in [5, 5.41) is 3.48. The topological polar surface area (TPSA) is 24.9 Å². The van der Waals surface area contributed by atoms with Crippen LogP contribution in [0.1, 0.15) is 32.1 Å². The molecule has 0 aromatic carbocycles. The lowest BCUT2D eigenvalue weighted by Gasteiger charge is -2.36. The maximum Gasteiger partial charge on any atom is 0.0371 e. The van der Waals surface area contributed by atoms with Crippen molar-refractivity contribution in [3.8, 4) is 0 Å². The van der Waals surface area contributed by atoms with Gasteiger partial charge in [0.25, 0.3) is 0 Å². The van der Waals surface area contributed by atoms with Crippen LogP contribution in [0.5, 0.6) is 0 Å². The molecule has 1 fully saturated rings. The molecule has 0 unspecified atom stereocenters. The fourth-order valence-corrected chi connectivity index (χ4v) is 2.78. The second-order valence-corrected chi connectivity index (χ2v) is 5.05. The Hall–Kier alpha value is -0.760. The predicted octanol–water partition coefficient (Wildman–Crippen LogP) is 3.68. The van der Waals surface area contributed by atoms with E-state index in [9.17, 15) is 0 Å². The predicted molar refractivity (Wildman–Crippen MR) is 69.0 cm³/mol. The molecule has 1 aliphatic rings. The molecular weight excluding hydrogens is 220 g/mol. The van der Waals surface area contributed by atoms with E-state index in [1.807, 2.05) is 24.5 Å². The summed E-state index contributed by atoms with van der Waals surface area (Å²) >= 11 is 6.15. The fourth-order valence-electron chi connectivity index (χ4n) is 2.42. The summed E-state index contributed by atoms with van der Waals surface area (Å²) in [6, 6.07) is 4.01. The standard InChI is InChI=1S/C13H19ClN2/c14-10-13(6-2-1-3-7-13)11-16-12-4-8-15-9-5-12/h4-5,8-9H,1-3,6-7,10-11H2,(H,15,16). The fraction of sp³-hybridized carbons (Fsp3) is 0.615. The molecule has 3 heteroatoms. The zero-order chi connectivity index (χ0) is 11.3. The number of halogens is 1. The molecule has 0 saturated heterocycles. The van der Waals surface area contributed by atoms with Crippen LogP contribution in [0.4, 0.5) is 5.69 Å². The van der Waals surface area contributed by atoms with E-state index in [2.05, 4.69) is 10.3 Å². The summed E-state index contributed by atoms with van der Waals surface area (Å²) in [5.74, 6) is 0.769. The highest BCUT2D eigenvalue weighted by Gasteiger charge is 2.30. The third-order valence-corrected chi connectivity index (χ3v) is 4.11. The van der Waals surface area contributed by atoms with E-state index < -0.39 is 0 Å². The van der Waals surface area contributed by atoms with Crippen LogP contribution in [-0.4, -0.2) is 17.4 Å². The summed E-state index contributed by atoms with van der Waals surface area (Å²) in [6.07, 6.45) is 10.2. The molecule has 2 nitrogen and oxygen atoms in total. The van der Waals surface area contributed by atoms with Crippen molar-refractivity contribution in [3.05, 3.63) is 24.5 Å². The number of aromatic nitrogens is 1. The van der Waals surface area contributed by atoms with Gasteiger partial charge in [-0.3, -0.25) is 4.98 Å². The number of rotatable bonds is 4. The Kier molecular flexibility index (Phi) is 4.05. The van der Waals surface area contributed by atoms with Crippen molar-refractivity contribution >= 4 is 17.3 Å². The molecule has 1 aromatic heterocycles. The lowest BCUT2D eigenvalue weighted by Crippen LogP contribution is -2.33. The minimum Gasteiger partial charge on any atom is -0.384 e. The van der Waals surface area contributed by atoms with Gasteiger partial charge in [-0.15, -0.1) is 11.6 Å². The Labute approximate surface area is 102 Å². The smallest absolute Gasteiger partial charge is 0.0371 e. The lowest BCUT2D eigenvalue weighted by atomic mass is 9.75. The van der Waals surface area contributed by atoms with Crippen LogP contribution >= 0.6 is 11.6 Å². The zero-order valence-corrected chi connectivity index (χ0v) is 10.3. The van der Waals surface area contributed by atoms with E-state index >= 15 is 0 Å². The highest BCUT2D eigenvalue weighted by Crippen LogP contribution is 2.37. The van der Waals surface area contributed by atoms with Crippen molar-refractivity contribution in [2.45, 2.75) is 32.1 Å². The molecule has 0 aliphatic heterocycles. The minimum absolute atomic E-state index is 0.309. The van der Waals surface area contributed by atoms with Crippen molar-refractivity contribution in [1.82, 2.24) is 4.98 Å². The second-order valence-electron chi connectivity index (χ2n) is 4.78. The van der Waals surface area contributed by atoms with Crippen LogP contribution in [-0.2, 0) is 0 Å². The SMILES string of the molecule is ClCC1(CNc2ccncc2)CCCCC1. The number of anilines is 1. The summed E-state index contributed by atoms with van der Waals surface area (Å²) < 4.78 is 0. The third-order valence-electron chi connectivity index (χ3n) is 3.55. The number of pyridine rings is 1. The summed E-state index contributed by atoms with van der Waals surface area (Å²) in [4.78, 5) is 4.01. The number of hydrogen-bond donors (Lipinski definition) is 1. The first-order chi connectivity index (χ1) is 7.85. The molecule has 1 aliphatic carbocycles. The monoisotopic (exact) mass is 238 g/mol. The van der Waals surface area contributed by atoms with E-state index in [0.29, 0.717) is 5.41 Å². The van der Waals surface area contributed by atoms with Crippen LogP contribution < -0.4 is 5.32 Å². The van der Waals surface area contributed by atoms with Gasteiger partial charge in [-0.2, -0.15) is 0 Å². The Morgan fingerprint density at radius 1 is 1.19 bits per heavy atom. The summed E-state index contributed by atoms with van der Waals surface area (Å²) in [5.41, 5.74) is 1.45.